The molecule has 2 aliphatic rings. The highest BCUT2D eigenvalue weighted by Gasteiger charge is 2.46. The Balaban J connectivity index is 0.000000845. The normalized spacial score (nSPS) is 38.8. The van der Waals surface area contributed by atoms with E-state index in [1.165, 1.54) is 38.8 Å². The van der Waals surface area contributed by atoms with E-state index in [0.29, 0.717) is 11.6 Å². The fraction of sp³-hybridized carbons (Fsp3) is 1.00. The summed E-state index contributed by atoms with van der Waals surface area (Å²) in [5.74, 6) is 0. The van der Waals surface area contributed by atoms with E-state index in [1.807, 2.05) is 7.11 Å². The predicted octanol–water partition coefficient (Wildman–Crippen LogP) is 1.80. The fourth-order valence-electron chi connectivity index (χ4n) is 2.95. The highest BCUT2D eigenvalue weighted by Crippen LogP contribution is 2.41. The Morgan fingerprint density at radius 1 is 1.54 bits per heavy atom. The number of fused-ring (bicyclic) bond motifs is 1. The van der Waals surface area contributed by atoms with Gasteiger partial charge in [-0.2, -0.15) is 0 Å². The van der Waals surface area contributed by atoms with Crippen molar-refractivity contribution in [1.29, 1.82) is 0 Å². The highest BCUT2D eigenvalue weighted by molar-refractivity contribution is 5.02. The molecule has 0 radical (unpaired) electrons. The van der Waals surface area contributed by atoms with Crippen LogP contribution in [0.25, 0.3) is 0 Å². The minimum atomic E-state index is 0. The summed E-state index contributed by atoms with van der Waals surface area (Å²) in [6.07, 6.45) is 5.85. The van der Waals surface area contributed by atoms with E-state index in [-0.39, 0.29) is 4.70 Å². The Morgan fingerprint density at radius 2 is 2.31 bits per heavy atom. The van der Waals surface area contributed by atoms with Crippen LogP contribution in [-0.2, 0) is 4.74 Å². The lowest BCUT2D eigenvalue weighted by Crippen LogP contribution is -2.37. The van der Waals surface area contributed by atoms with E-state index < -0.39 is 0 Å². The second kappa shape index (κ2) is 3.93. The third kappa shape index (κ3) is 1.59. The van der Waals surface area contributed by atoms with Gasteiger partial charge < -0.3 is 4.74 Å². The van der Waals surface area contributed by atoms with Gasteiger partial charge in [0, 0.05) is 19.2 Å². The molecule has 0 amide bonds. The molecule has 2 saturated heterocycles. The molecule has 3 heteroatoms. The van der Waals surface area contributed by atoms with E-state index in [2.05, 4.69) is 11.8 Å². The number of nitrogens with zero attached hydrogens (tertiary/aromatic N) is 1. The summed E-state index contributed by atoms with van der Waals surface area (Å²) >= 11 is 0. The van der Waals surface area contributed by atoms with Crippen LogP contribution < -0.4 is 0 Å². The summed E-state index contributed by atoms with van der Waals surface area (Å²) < 4.78 is 5.43. The van der Waals surface area contributed by atoms with Crippen molar-refractivity contribution in [3.05, 3.63) is 0 Å². The van der Waals surface area contributed by atoms with Crippen molar-refractivity contribution < 1.29 is 9.44 Å². The number of hydrogen-bond acceptors (Lipinski definition) is 2. The maximum Gasteiger partial charge on any atom is 0.0716 e. The minimum absolute atomic E-state index is 0. The Hall–Kier alpha value is -0.150. The van der Waals surface area contributed by atoms with Crippen molar-refractivity contribution in [1.82, 2.24) is 4.90 Å². The molecule has 0 saturated carbocycles. The van der Waals surface area contributed by atoms with Gasteiger partial charge in [0.2, 0.25) is 0 Å². The predicted molar refractivity (Wildman–Crippen MR) is 51.7 cm³/mol. The molecule has 2 nitrogen and oxygen atoms in total. The first-order chi connectivity index (χ1) is 5.80. The summed E-state index contributed by atoms with van der Waals surface area (Å²) in [7, 11) is 1.84. The molecule has 2 rings (SSSR count). The topological polar surface area (TPSA) is 12.5 Å². The van der Waals surface area contributed by atoms with E-state index in [0.717, 1.165) is 0 Å². The lowest BCUT2D eigenvalue weighted by molar-refractivity contribution is 0.107. The van der Waals surface area contributed by atoms with Gasteiger partial charge in [-0.1, -0.05) is 6.92 Å². The first-order valence-electron chi connectivity index (χ1n) is 5.08. The fourth-order valence-corrected chi connectivity index (χ4v) is 2.95. The Labute approximate surface area is 79.6 Å². The lowest BCUT2D eigenvalue weighted by atomic mass is 9.90. The smallest absolute Gasteiger partial charge is 0.0716 e. The van der Waals surface area contributed by atoms with E-state index in [9.17, 15) is 0 Å². The average molecular weight is 189 g/mol. The second-order valence-corrected chi connectivity index (χ2v) is 4.19. The number of hydrogen-bond donors (Lipinski definition) is 0. The van der Waals surface area contributed by atoms with Gasteiger partial charge in [0.25, 0.3) is 0 Å². The monoisotopic (exact) mass is 189 g/mol. The molecule has 2 fully saturated rings. The van der Waals surface area contributed by atoms with Gasteiger partial charge in [-0.05, 0) is 32.2 Å². The third-order valence-corrected chi connectivity index (χ3v) is 3.76. The quantitative estimate of drug-likeness (QED) is 0.657. The van der Waals surface area contributed by atoms with Crippen LogP contribution in [0.1, 0.15) is 32.6 Å². The largest absolute Gasteiger partial charge is 0.380 e. The van der Waals surface area contributed by atoms with Gasteiger partial charge in [-0.3, -0.25) is 9.60 Å². The first-order valence-corrected chi connectivity index (χ1v) is 5.08. The Bertz CT molecular complexity index is 176. The average Bonchev–Trinajstić information content (AvgIpc) is 2.58. The van der Waals surface area contributed by atoms with Gasteiger partial charge in [0.15, 0.2) is 0 Å². The summed E-state index contributed by atoms with van der Waals surface area (Å²) in [5.41, 5.74) is 0.528. The lowest BCUT2D eigenvalue weighted by Gasteiger charge is -2.30. The van der Waals surface area contributed by atoms with Crippen LogP contribution >= 0.6 is 0 Å². The van der Waals surface area contributed by atoms with Gasteiger partial charge in [-0.15, -0.1) is 0 Å². The van der Waals surface area contributed by atoms with Crippen LogP contribution in [-0.4, -0.2) is 36.7 Å². The number of rotatable bonds is 2. The van der Waals surface area contributed by atoms with Crippen molar-refractivity contribution in [2.24, 2.45) is 0 Å². The summed E-state index contributed by atoms with van der Waals surface area (Å²) in [5, 5.41) is 0. The SMILES string of the molecule is CC[C@@]12CCCN1C[C@H](OC)C2.F. The molecule has 13 heavy (non-hydrogen) atoms. The molecular formula is C10H20FNO. The molecule has 0 N–H and O–H groups in total. The van der Waals surface area contributed by atoms with Gasteiger partial charge in [-0.25, -0.2) is 0 Å². The molecule has 0 aliphatic carbocycles. The van der Waals surface area contributed by atoms with Crippen molar-refractivity contribution in [2.75, 3.05) is 20.2 Å². The zero-order valence-corrected chi connectivity index (χ0v) is 8.58. The third-order valence-electron chi connectivity index (χ3n) is 3.76. The molecule has 2 aliphatic heterocycles. The van der Waals surface area contributed by atoms with Gasteiger partial charge in [0.05, 0.1) is 6.10 Å². The maximum absolute atomic E-state index is 5.43. The van der Waals surface area contributed by atoms with Crippen molar-refractivity contribution >= 4 is 0 Å². The Kier molecular flexibility index (Phi) is 3.30. The second-order valence-electron chi connectivity index (χ2n) is 4.19. The van der Waals surface area contributed by atoms with Gasteiger partial charge >= 0.3 is 0 Å². The molecular weight excluding hydrogens is 169 g/mol. The van der Waals surface area contributed by atoms with Crippen LogP contribution in [0, 0.1) is 0 Å². The molecule has 0 bridgehead atoms. The van der Waals surface area contributed by atoms with Crippen molar-refractivity contribution in [3.8, 4) is 0 Å². The van der Waals surface area contributed by atoms with Crippen molar-refractivity contribution in [3.63, 3.8) is 0 Å². The van der Waals surface area contributed by atoms with Crippen LogP contribution in [0.5, 0.6) is 0 Å². The molecule has 0 unspecified atom stereocenters. The van der Waals surface area contributed by atoms with E-state index in [1.54, 1.807) is 0 Å². The molecule has 2 heterocycles. The summed E-state index contributed by atoms with van der Waals surface area (Å²) in [6, 6.07) is 0. The number of ether oxygens (including phenoxy) is 1. The van der Waals surface area contributed by atoms with E-state index >= 15 is 0 Å². The summed E-state index contributed by atoms with van der Waals surface area (Å²) in [6.45, 7) is 4.79. The van der Waals surface area contributed by atoms with Crippen molar-refractivity contribution in [2.45, 2.75) is 44.2 Å². The molecule has 0 aromatic carbocycles. The number of methoxy groups -OCH3 is 1. The minimum Gasteiger partial charge on any atom is -0.380 e. The van der Waals surface area contributed by atoms with Gasteiger partial charge in [0.1, 0.15) is 0 Å². The zero-order chi connectivity index (χ0) is 8.60. The molecule has 0 aromatic heterocycles. The first kappa shape index (κ1) is 10.9. The standard InChI is InChI=1S/C10H19NO.FH/c1-3-10-5-4-6-11(10)8-9(7-10)12-2;/h9H,3-8H2,1-2H3;1H/t9-,10+;/m1./s1. The maximum atomic E-state index is 5.43. The zero-order valence-electron chi connectivity index (χ0n) is 8.58. The number of halogens is 1. The summed E-state index contributed by atoms with van der Waals surface area (Å²) in [4.78, 5) is 2.64. The van der Waals surface area contributed by atoms with Crippen LogP contribution in [0.3, 0.4) is 0 Å². The molecule has 0 spiro atoms. The molecule has 2 atom stereocenters. The molecule has 78 valence electrons. The molecule has 0 aromatic rings. The van der Waals surface area contributed by atoms with E-state index in [4.69, 9.17) is 4.74 Å². The van der Waals surface area contributed by atoms with Crippen LogP contribution in [0.15, 0.2) is 0 Å². The van der Waals surface area contributed by atoms with Crippen LogP contribution in [0.4, 0.5) is 4.70 Å². The van der Waals surface area contributed by atoms with Crippen LogP contribution in [0.2, 0.25) is 0 Å². The Morgan fingerprint density at radius 3 is 2.85 bits per heavy atom. The highest BCUT2D eigenvalue weighted by atomic mass is 19.0.